The smallest absolute Gasteiger partial charge is 0.111 e. The van der Waals surface area contributed by atoms with Crippen molar-refractivity contribution in [1.82, 2.24) is 14.9 Å². The summed E-state index contributed by atoms with van der Waals surface area (Å²) >= 11 is 3.58. The molecule has 1 aromatic heterocycles. The molecule has 0 bridgehead atoms. The van der Waals surface area contributed by atoms with Gasteiger partial charge in [-0.05, 0) is 47.4 Å². The standard InChI is InChI=1S/C14H18BrN3/c1-18-12-7-4-6-11(15)14(12)17-13(18)9-10-5-2-3-8-16-10/h4,6-7,10,16H,2-3,5,8-9H2,1H3. The van der Waals surface area contributed by atoms with Crippen molar-refractivity contribution in [3.8, 4) is 0 Å². The third-order valence-electron chi connectivity index (χ3n) is 3.80. The summed E-state index contributed by atoms with van der Waals surface area (Å²) in [5.41, 5.74) is 2.28. The fraction of sp³-hybridized carbons (Fsp3) is 0.500. The van der Waals surface area contributed by atoms with E-state index >= 15 is 0 Å². The summed E-state index contributed by atoms with van der Waals surface area (Å²) in [6.45, 7) is 1.15. The van der Waals surface area contributed by atoms with Crippen LogP contribution in [0.25, 0.3) is 11.0 Å². The van der Waals surface area contributed by atoms with Gasteiger partial charge in [0.25, 0.3) is 0 Å². The van der Waals surface area contributed by atoms with Crippen molar-refractivity contribution in [2.45, 2.75) is 31.7 Å². The van der Waals surface area contributed by atoms with Gasteiger partial charge in [-0.3, -0.25) is 0 Å². The lowest BCUT2D eigenvalue weighted by molar-refractivity contribution is 0.392. The van der Waals surface area contributed by atoms with Gasteiger partial charge >= 0.3 is 0 Å². The largest absolute Gasteiger partial charge is 0.331 e. The van der Waals surface area contributed by atoms with Crippen molar-refractivity contribution in [3.63, 3.8) is 0 Å². The van der Waals surface area contributed by atoms with E-state index in [0.29, 0.717) is 6.04 Å². The van der Waals surface area contributed by atoms with Crippen molar-refractivity contribution < 1.29 is 0 Å². The number of nitrogens with one attached hydrogen (secondary N) is 1. The van der Waals surface area contributed by atoms with Crippen LogP contribution in [0.5, 0.6) is 0 Å². The molecule has 96 valence electrons. The minimum Gasteiger partial charge on any atom is -0.331 e. The van der Waals surface area contributed by atoms with Crippen molar-refractivity contribution in [2.75, 3.05) is 6.54 Å². The molecule has 0 radical (unpaired) electrons. The van der Waals surface area contributed by atoms with Crippen molar-refractivity contribution in [1.29, 1.82) is 0 Å². The molecule has 3 rings (SSSR count). The fourth-order valence-corrected chi connectivity index (χ4v) is 3.17. The number of fused-ring (bicyclic) bond motifs is 1. The zero-order chi connectivity index (χ0) is 12.5. The number of nitrogens with zero attached hydrogens (tertiary/aromatic N) is 2. The molecule has 0 saturated carbocycles. The van der Waals surface area contributed by atoms with Gasteiger partial charge in [-0.1, -0.05) is 12.5 Å². The maximum absolute atomic E-state index is 4.78. The highest BCUT2D eigenvalue weighted by molar-refractivity contribution is 9.10. The van der Waals surface area contributed by atoms with Crippen molar-refractivity contribution in [2.24, 2.45) is 7.05 Å². The number of aromatic nitrogens is 2. The van der Waals surface area contributed by atoms with E-state index in [2.05, 4.69) is 51.1 Å². The van der Waals surface area contributed by atoms with Gasteiger partial charge in [-0.2, -0.15) is 0 Å². The number of para-hydroxylation sites is 1. The molecule has 1 saturated heterocycles. The van der Waals surface area contributed by atoms with Crippen LogP contribution in [-0.2, 0) is 13.5 Å². The second-order valence-corrected chi connectivity index (χ2v) is 5.90. The van der Waals surface area contributed by atoms with Crippen LogP contribution >= 0.6 is 15.9 Å². The van der Waals surface area contributed by atoms with E-state index in [-0.39, 0.29) is 0 Å². The highest BCUT2D eigenvalue weighted by Crippen LogP contribution is 2.24. The zero-order valence-electron chi connectivity index (χ0n) is 10.6. The van der Waals surface area contributed by atoms with Gasteiger partial charge in [0.15, 0.2) is 0 Å². The number of imidazole rings is 1. The van der Waals surface area contributed by atoms with Crippen LogP contribution in [0.4, 0.5) is 0 Å². The number of piperidine rings is 1. The number of hydrogen-bond acceptors (Lipinski definition) is 2. The van der Waals surface area contributed by atoms with E-state index in [1.54, 1.807) is 0 Å². The summed E-state index contributed by atoms with van der Waals surface area (Å²) < 4.78 is 3.30. The summed E-state index contributed by atoms with van der Waals surface area (Å²) in [7, 11) is 2.11. The first-order chi connectivity index (χ1) is 8.75. The Morgan fingerprint density at radius 2 is 2.33 bits per heavy atom. The third kappa shape index (κ3) is 2.19. The van der Waals surface area contributed by atoms with Crippen LogP contribution in [0.1, 0.15) is 25.1 Å². The van der Waals surface area contributed by atoms with Gasteiger partial charge < -0.3 is 9.88 Å². The molecule has 1 aromatic carbocycles. The minimum absolute atomic E-state index is 0.591. The van der Waals surface area contributed by atoms with E-state index in [0.717, 1.165) is 23.0 Å². The molecule has 1 aliphatic rings. The maximum Gasteiger partial charge on any atom is 0.111 e. The molecule has 0 spiro atoms. The van der Waals surface area contributed by atoms with E-state index < -0.39 is 0 Å². The Morgan fingerprint density at radius 3 is 3.06 bits per heavy atom. The van der Waals surface area contributed by atoms with E-state index in [4.69, 9.17) is 4.98 Å². The van der Waals surface area contributed by atoms with E-state index in [1.165, 1.54) is 30.6 Å². The Kier molecular flexibility index (Phi) is 3.39. The van der Waals surface area contributed by atoms with E-state index in [1.807, 2.05) is 0 Å². The second kappa shape index (κ2) is 5.02. The summed E-state index contributed by atoms with van der Waals surface area (Å²) in [6.07, 6.45) is 4.94. The monoisotopic (exact) mass is 307 g/mol. The van der Waals surface area contributed by atoms with Gasteiger partial charge in [0.05, 0.1) is 5.52 Å². The molecule has 1 aliphatic heterocycles. The number of rotatable bonds is 2. The summed E-state index contributed by atoms with van der Waals surface area (Å²) in [4.78, 5) is 4.78. The molecule has 18 heavy (non-hydrogen) atoms. The summed E-state index contributed by atoms with van der Waals surface area (Å²) in [5, 5.41) is 3.59. The van der Waals surface area contributed by atoms with Gasteiger partial charge in [-0.25, -0.2) is 4.98 Å². The Morgan fingerprint density at radius 1 is 1.44 bits per heavy atom. The minimum atomic E-state index is 0.591. The molecule has 2 heterocycles. The van der Waals surface area contributed by atoms with Gasteiger partial charge in [-0.15, -0.1) is 0 Å². The first kappa shape index (κ1) is 12.2. The van der Waals surface area contributed by atoms with Crippen LogP contribution in [0.2, 0.25) is 0 Å². The lowest BCUT2D eigenvalue weighted by atomic mass is 10.0. The molecule has 0 aliphatic carbocycles. The van der Waals surface area contributed by atoms with Crippen LogP contribution in [0.3, 0.4) is 0 Å². The van der Waals surface area contributed by atoms with Gasteiger partial charge in [0.2, 0.25) is 0 Å². The molecular weight excluding hydrogens is 290 g/mol. The highest BCUT2D eigenvalue weighted by Gasteiger charge is 2.17. The molecule has 2 aromatic rings. The van der Waals surface area contributed by atoms with Crippen LogP contribution in [-0.4, -0.2) is 22.1 Å². The SMILES string of the molecule is Cn1c(CC2CCCCN2)nc2c(Br)cccc21. The molecule has 0 amide bonds. The summed E-state index contributed by atoms with van der Waals surface area (Å²) in [6, 6.07) is 6.84. The topological polar surface area (TPSA) is 29.9 Å². The molecule has 1 N–H and O–H groups in total. The van der Waals surface area contributed by atoms with Crippen LogP contribution in [0, 0.1) is 0 Å². The maximum atomic E-state index is 4.78. The molecule has 3 nitrogen and oxygen atoms in total. The molecule has 1 fully saturated rings. The molecule has 4 heteroatoms. The summed E-state index contributed by atoms with van der Waals surface area (Å²) in [5.74, 6) is 1.18. The predicted octanol–water partition coefficient (Wildman–Crippen LogP) is 3.02. The lowest BCUT2D eigenvalue weighted by Gasteiger charge is -2.22. The van der Waals surface area contributed by atoms with Crippen LogP contribution in [0.15, 0.2) is 22.7 Å². The highest BCUT2D eigenvalue weighted by atomic mass is 79.9. The normalized spacial score (nSPS) is 20.4. The average molecular weight is 308 g/mol. The molecular formula is C14H18BrN3. The van der Waals surface area contributed by atoms with Gasteiger partial charge in [0, 0.05) is 24.0 Å². The number of aryl methyl sites for hydroxylation is 1. The number of halogens is 1. The Hall–Kier alpha value is -0.870. The number of hydrogen-bond donors (Lipinski definition) is 1. The molecule has 1 atom stereocenters. The Bertz CT molecular complexity index is 555. The predicted molar refractivity (Wildman–Crippen MR) is 77.8 cm³/mol. The zero-order valence-corrected chi connectivity index (χ0v) is 12.2. The quantitative estimate of drug-likeness (QED) is 0.924. The Labute approximate surface area is 116 Å². The van der Waals surface area contributed by atoms with E-state index in [9.17, 15) is 0 Å². The Balaban J connectivity index is 1.92. The van der Waals surface area contributed by atoms with Crippen molar-refractivity contribution >= 4 is 27.0 Å². The first-order valence-electron chi connectivity index (χ1n) is 6.59. The van der Waals surface area contributed by atoms with Crippen molar-refractivity contribution in [3.05, 3.63) is 28.5 Å². The average Bonchev–Trinajstić information content (AvgIpc) is 2.70. The van der Waals surface area contributed by atoms with Crippen LogP contribution < -0.4 is 5.32 Å². The third-order valence-corrected chi connectivity index (χ3v) is 4.44. The second-order valence-electron chi connectivity index (χ2n) is 5.05. The lowest BCUT2D eigenvalue weighted by Crippen LogP contribution is -2.36. The van der Waals surface area contributed by atoms with Gasteiger partial charge in [0.1, 0.15) is 11.3 Å². The molecule has 1 unspecified atom stereocenters. The first-order valence-corrected chi connectivity index (χ1v) is 7.38. The number of benzene rings is 1. The fourth-order valence-electron chi connectivity index (χ4n) is 2.73.